The van der Waals surface area contributed by atoms with Gasteiger partial charge in [-0.05, 0) is 12.8 Å². The second kappa shape index (κ2) is 67.3. The Bertz CT molecular complexity index is 1890. The summed E-state index contributed by atoms with van der Waals surface area (Å²) < 4.78 is 34.6. The van der Waals surface area contributed by atoms with Crippen molar-refractivity contribution < 1.29 is 89.4 Å². The van der Waals surface area contributed by atoms with Crippen LogP contribution >= 0.6 is 0 Å². The summed E-state index contributed by atoms with van der Waals surface area (Å²) in [4.78, 5) is 13.5. The third-order valence-corrected chi connectivity index (χ3v) is 22.9. The number of hydrogen-bond acceptors (Lipinski definition) is 18. The molecule has 19 heteroatoms. The summed E-state index contributed by atoms with van der Waals surface area (Å²) in [5.41, 5.74) is 0. The number of hydrogen-bond donors (Lipinski definition) is 12. The van der Waals surface area contributed by atoms with Crippen LogP contribution in [0.5, 0.6) is 0 Å². The number of carbonyl (C=O) groups excluding carboxylic acids is 1. The van der Waals surface area contributed by atoms with Crippen LogP contribution in [-0.2, 0) is 33.2 Å². The molecule has 105 heavy (non-hydrogen) atoms. The van der Waals surface area contributed by atoms with Gasteiger partial charge in [-0.15, -0.1) is 0 Å². The van der Waals surface area contributed by atoms with Crippen LogP contribution in [0.1, 0.15) is 412 Å². The lowest BCUT2D eigenvalue weighted by molar-refractivity contribution is -0.379. The van der Waals surface area contributed by atoms with Gasteiger partial charge in [0.15, 0.2) is 18.9 Å². The summed E-state index contributed by atoms with van der Waals surface area (Å²) in [5, 5.41) is 121. The van der Waals surface area contributed by atoms with Crippen LogP contribution < -0.4 is 5.32 Å². The normalized spacial score (nSPS) is 25.7. The first-order valence-corrected chi connectivity index (χ1v) is 44.8. The van der Waals surface area contributed by atoms with Crippen LogP contribution in [0.4, 0.5) is 0 Å². The van der Waals surface area contributed by atoms with Gasteiger partial charge in [0.2, 0.25) is 5.91 Å². The van der Waals surface area contributed by atoms with Crippen molar-refractivity contribution in [3.05, 3.63) is 0 Å². The molecule has 0 spiro atoms. The average molecular weight is 1500 g/mol. The molecular formula is C86H167NO18. The quantitative estimate of drug-likeness (QED) is 0.0252. The summed E-state index contributed by atoms with van der Waals surface area (Å²) in [6, 6.07) is -0.884. The van der Waals surface area contributed by atoms with E-state index in [4.69, 9.17) is 28.4 Å². The van der Waals surface area contributed by atoms with Crippen LogP contribution in [-0.4, -0.2) is 193 Å². The predicted octanol–water partition coefficient (Wildman–Crippen LogP) is 16.5. The summed E-state index contributed by atoms with van der Waals surface area (Å²) in [7, 11) is 0. The monoisotopic (exact) mass is 1500 g/mol. The maximum Gasteiger partial charge on any atom is 0.220 e. The third-order valence-electron chi connectivity index (χ3n) is 22.9. The zero-order valence-corrected chi connectivity index (χ0v) is 67.3. The second-order valence-corrected chi connectivity index (χ2v) is 32.4. The Hall–Kier alpha value is -1.21. The van der Waals surface area contributed by atoms with E-state index in [0.717, 1.165) is 44.9 Å². The van der Waals surface area contributed by atoms with E-state index < -0.39 is 124 Å². The van der Waals surface area contributed by atoms with Gasteiger partial charge in [0.1, 0.15) is 73.2 Å². The molecule has 3 fully saturated rings. The largest absolute Gasteiger partial charge is 0.394 e. The predicted molar refractivity (Wildman–Crippen MR) is 421 cm³/mol. The molecule has 3 rings (SSSR count). The van der Waals surface area contributed by atoms with Crippen LogP contribution in [0.15, 0.2) is 0 Å². The minimum atomic E-state index is -1.97. The molecule has 0 aliphatic carbocycles. The zero-order chi connectivity index (χ0) is 76.0. The molecule has 17 atom stereocenters. The molecule has 0 aromatic rings. The van der Waals surface area contributed by atoms with Crippen LogP contribution in [0.25, 0.3) is 0 Å². The summed E-state index contributed by atoms with van der Waals surface area (Å²) in [6.07, 6.45) is 53.6. The van der Waals surface area contributed by atoms with Gasteiger partial charge in [-0.25, -0.2) is 0 Å². The number of unbranched alkanes of at least 4 members (excludes halogenated alkanes) is 58. The Morgan fingerprint density at radius 1 is 0.305 bits per heavy atom. The highest BCUT2D eigenvalue weighted by atomic mass is 16.8. The summed E-state index contributed by atoms with van der Waals surface area (Å²) in [5.74, 6) is -0.231. The van der Waals surface area contributed by atoms with E-state index in [9.17, 15) is 61.0 Å². The minimum absolute atomic E-state index is 0.231. The van der Waals surface area contributed by atoms with Crippen molar-refractivity contribution in [3.63, 3.8) is 0 Å². The van der Waals surface area contributed by atoms with E-state index in [0.29, 0.717) is 12.8 Å². The molecule has 12 N–H and O–H groups in total. The SMILES string of the molecule is CCCCCCCCCCCCCCCCCCCCCCCCCCCCCCCCCC(O)C(COC1OC(CO)C(OC2OC(CO)C(OC3OC(CO)C(O)C(O)C3O)C(O)C2O)C(O)C1O)NC(=O)CCCCCCCCCCCCCCCCCCCCCCCCCCCCCCC. The Balaban J connectivity index is 1.32. The lowest BCUT2D eigenvalue weighted by Gasteiger charge is -2.48. The second-order valence-electron chi connectivity index (χ2n) is 32.4. The molecule has 0 bridgehead atoms. The molecule has 0 aromatic heterocycles. The maximum atomic E-state index is 13.5. The summed E-state index contributed by atoms with van der Waals surface area (Å²) >= 11 is 0. The van der Waals surface area contributed by atoms with Crippen molar-refractivity contribution in [1.29, 1.82) is 0 Å². The zero-order valence-electron chi connectivity index (χ0n) is 67.3. The Morgan fingerprint density at radius 2 is 0.543 bits per heavy atom. The first-order valence-electron chi connectivity index (χ1n) is 44.8. The number of aliphatic hydroxyl groups is 11. The van der Waals surface area contributed by atoms with E-state index >= 15 is 0 Å². The van der Waals surface area contributed by atoms with Gasteiger partial charge in [0, 0.05) is 6.42 Å². The number of rotatable bonds is 74. The Kier molecular flexibility index (Phi) is 62.8. The molecule has 0 saturated carbocycles. The lowest BCUT2D eigenvalue weighted by atomic mass is 9.96. The highest BCUT2D eigenvalue weighted by molar-refractivity contribution is 5.76. The highest BCUT2D eigenvalue weighted by Gasteiger charge is 2.54. The van der Waals surface area contributed by atoms with E-state index in [1.807, 2.05) is 0 Å². The number of aliphatic hydroxyl groups excluding tert-OH is 11. The van der Waals surface area contributed by atoms with Gasteiger partial charge >= 0.3 is 0 Å². The number of amides is 1. The van der Waals surface area contributed by atoms with Crippen molar-refractivity contribution in [2.75, 3.05) is 26.4 Å². The van der Waals surface area contributed by atoms with Crippen molar-refractivity contribution in [1.82, 2.24) is 5.32 Å². The summed E-state index contributed by atoms with van der Waals surface area (Å²) in [6.45, 7) is 1.89. The Labute approximate surface area is 640 Å². The van der Waals surface area contributed by atoms with Crippen LogP contribution in [0.2, 0.25) is 0 Å². The lowest BCUT2D eigenvalue weighted by Crippen LogP contribution is -2.66. The molecular weight excluding hydrogens is 1330 g/mol. The fraction of sp³-hybridized carbons (Fsp3) is 0.988. The number of ether oxygens (including phenoxy) is 6. The first kappa shape index (κ1) is 98.0. The van der Waals surface area contributed by atoms with Crippen LogP contribution in [0.3, 0.4) is 0 Å². The minimum Gasteiger partial charge on any atom is -0.394 e. The molecule has 0 radical (unpaired) electrons. The van der Waals surface area contributed by atoms with Gasteiger partial charge in [-0.3, -0.25) is 4.79 Å². The van der Waals surface area contributed by atoms with E-state index in [2.05, 4.69) is 19.2 Å². The van der Waals surface area contributed by atoms with Gasteiger partial charge in [0.25, 0.3) is 0 Å². The molecule has 19 nitrogen and oxygen atoms in total. The smallest absolute Gasteiger partial charge is 0.220 e. The van der Waals surface area contributed by atoms with Gasteiger partial charge in [-0.2, -0.15) is 0 Å². The third kappa shape index (κ3) is 46.5. The number of nitrogens with one attached hydrogen (secondary N) is 1. The van der Waals surface area contributed by atoms with E-state index in [1.54, 1.807) is 0 Å². The van der Waals surface area contributed by atoms with Crippen molar-refractivity contribution in [2.45, 2.75) is 516 Å². The molecule has 624 valence electrons. The fourth-order valence-electron chi connectivity index (χ4n) is 15.8. The van der Waals surface area contributed by atoms with Crippen molar-refractivity contribution >= 4 is 5.91 Å². The van der Waals surface area contributed by atoms with Gasteiger partial charge in [-0.1, -0.05) is 393 Å². The maximum absolute atomic E-state index is 13.5. The average Bonchev–Trinajstić information content (AvgIpc) is 0.781. The molecule has 17 unspecified atom stereocenters. The van der Waals surface area contributed by atoms with E-state index in [-0.39, 0.29) is 18.9 Å². The Morgan fingerprint density at radius 3 is 0.829 bits per heavy atom. The first-order chi connectivity index (χ1) is 51.3. The molecule has 3 saturated heterocycles. The molecule has 3 heterocycles. The molecule has 1 amide bonds. The van der Waals surface area contributed by atoms with E-state index in [1.165, 1.54) is 334 Å². The molecule has 3 aliphatic heterocycles. The molecule has 3 aliphatic rings. The standard InChI is InChI=1S/C86H167NO18/c1-3-5-7-9-11-13-15-17-19-21-23-25-27-29-31-33-34-36-37-39-41-43-45-47-49-51-53-55-57-59-61-63-70(91)69(87-74(92)64-62-60-58-56-54-52-50-48-46-44-42-40-38-35-32-30-28-26-24-22-20-18-16-14-12-10-8-6-4-2)68-100-84-80(98)77(95)82(72(66-89)102-84)105-86-81(99)78(96)83(73(67-90)103-86)104-85-79(97)76(94)75(93)71(65-88)101-85/h69-73,75-86,88-91,93-99H,3-68H2,1-2H3,(H,87,92). The highest BCUT2D eigenvalue weighted by Crippen LogP contribution is 2.34. The van der Waals surface area contributed by atoms with Crippen molar-refractivity contribution in [2.24, 2.45) is 0 Å². The van der Waals surface area contributed by atoms with Crippen LogP contribution in [0, 0.1) is 0 Å². The number of carbonyl (C=O) groups is 1. The topological polar surface area (TPSA) is 307 Å². The van der Waals surface area contributed by atoms with Gasteiger partial charge < -0.3 is 89.9 Å². The molecule has 0 aromatic carbocycles. The fourth-order valence-corrected chi connectivity index (χ4v) is 15.8. The van der Waals surface area contributed by atoms with Crippen molar-refractivity contribution in [3.8, 4) is 0 Å². The van der Waals surface area contributed by atoms with Gasteiger partial charge in [0.05, 0.1) is 38.6 Å².